The van der Waals surface area contributed by atoms with Crippen molar-refractivity contribution < 1.29 is 9.47 Å². The summed E-state index contributed by atoms with van der Waals surface area (Å²) in [6.07, 6.45) is 3.73. The molecule has 1 saturated carbocycles. The van der Waals surface area contributed by atoms with Crippen LogP contribution in [0.3, 0.4) is 0 Å². The van der Waals surface area contributed by atoms with Crippen LogP contribution < -0.4 is 15.2 Å². The van der Waals surface area contributed by atoms with Gasteiger partial charge < -0.3 is 15.2 Å². The van der Waals surface area contributed by atoms with Crippen molar-refractivity contribution in [1.82, 2.24) is 4.90 Å². The third kappa shape index (κ3) is 2.76. The van der Waals surface area contributed by atoms with Gasteiger partial charge in [-0.05, 0) is 42.9 Å². The maximum Gasteiger partial charge on any atom is 0.160 e. The molecule has 1 aliphatic carbocycles. The number of nitrogens with two attached hydrogens (primary N) is 1. The minimum Gasteiger partial charge on any atom is -0.493 e. The van der Waals surface area contributed by atoms with Gasteiger partial charge in [0.2, 0.25) is 0 Å². The Bertz CT molecular complexity index is 474. The fraction of sp³-hybridized carbons (Fsp3) is 0.625. The highest BCUT2D eigenvalue weighted by Crippen LogP contribution is 2.37. The van der Waals surface area contributed by atoms with E-state index in [2.05, 4.69) is 17.0 Å². The molecule has 1 aromatic rings. The quantitative estimate of drug-likeness (QED) is 0.913. The van der Waals surface area contributed by atoms with E-state index in [4.69, 9.17) is 15.2 Å². The van der Waals surface area contributed by atoms with E-state index in [1.807, 2.05) is 6.07 Å². The van der Waals surface area contributed by atoms with Gasteiger partial charge in [-0.25, -0.2) is 0 Å². The highest BCUT2D eigenvalue weighted by Gasteiger charge is 2.35. The largest absolute Gasteiger partial charge is 0.493 e. The van der Waals surface area contributed by atoms with Gasteiger partial charge in [-0.2, -0.15) is 0 Å². The number of likely N-dealkylation sites (tertiary alicyclic amines) is 1. The van der Waals surface area contributed by atoms with Gasteiger partial charge in [-0.3, -0.25) is 4.90 Å². The zero-order valence-electron chi connectivity index (χ0n) is 12.3. The molecule has 3 rings (SSSR count). The number of benzene rings is 1. The standard InChI is InChI=1S/C16H24N2O2/c1-19-15-6-3-11(8-16(15)20-2)12-7-13(17)10-18(9-12)14-4-5-14/h3,6,8,12-14H,4-5,7,9-10,17H2,1-2H3. The van der Waals surface area contributed by atoms with Gasteiger partial charge in [-0.1, -0.05) is 6.07 Å². The summed E-state index contributed by atoms with van der Waals surface area (Å²) in [6, 6.07) is 7.31. The molecule has 2 N–H and O–H groups in total. The van der Waals surface area contributed by atoms with Crippen LogP contribution in [-0.2, 0) is 0 Å². The Morgan fingerprint density at radius 3 is 2.50 bits per heavy atom. The molecule has 0 spiro atoms. The van der Waals surface area contributed by atoms with Crippen LogP contribution in [0.15, 0.2) is 18.2 Å². The molecule has 0 amide bonds. The van der Waals surface area contributed by atoms with Crippen LogP contribution in [-0.4, -0.2) is 44.3 Å². The van der Waals surface area contributed by atoms with E-state index < -0.39 is 0 Å². The number of piperidine rings is 1. The lowest BCUT2D eigenvalue weighted by Gasteiger charge is -2.36. The van der Waals surface area contributed by atoms with E-state index >= 15 is 0 Å². The zero-order chi connectivity index (χ0) is 14.1. The second-order valence-corrected chi connectivity index (χ2v) is 5.99. The van der Waals surface area contributed by atoms with Gasteiger partial charge in [0.15, 0.2) is 11.5 Å². The van der Waals surface area contributed by atoms with Crippen molar-refractivity contribution in [3.05, 3.63) is 23.8 Å². The van der Waals surface area contributed by atoms with E-state index in [9.17, 15) is 0 Å². The Balaban J connectivity index is 1.80. The highest BCUT2D eigenvalue weighted by atomic mass is 16.5. The molecular weight excluding hydrogens is 252 g/mol. The summed E-state index contributed by atoms with van der Waals surface area (Å²) >= 11 is 0. The van der Waals surface area contributed by atoms with E-state index in [1.165, 1.54) is 18.4 Å². The van der Waals surface area contributed by atoms with Crippen molar-refractivity contribution in [2.24, 2.45) is 5.73 Å². The summed E-state index contributed by atoms with van der Waals surface area (Å²) in [7, 11) is 3.35. The van der Waals surface area contributed by atoms with Crippen molar-refractivity contribution in [2.45, 2.75) is 37.3 Å². The maximum absolute atomic E-state index is 6.25. The lowest BCUT2D eigenvalue weighted by Crippen LogP contribution is -2.47. The van der Waals surface area contributed by atoms with Crippen LogP contribution in [0.5, 0.6) is 11.5 Å². The van der Waals surface area contributed by atoms with Gasteiger partial charge in [0.05, 0.1) is 14.2 Å². The van der Waals surface area contributed by atoms with E-state index in [0.29, 0.717) is 5.92 Å². The van der Waals surface area contributed by atoms with Gasteiger partial charge >= 0.3 is 0 Å². The molecule has 2 unspecified atom stereocenters. The van der Waals surface area contributed by atoms with Crippen molar-refractivity contribution in [3.8, 4) is 11.5 Å². The van der Waals surface area contributed by atoms with E-state index in [1.54, 1.807) is 14.2 Å². The lowest BCUT2D eigenvalue weighted by molar-refractivity contribution is 0.180. The molecule has 2 aliphatic rings. The highest BCUT2D eigenvalue weighted by molar-refractivity contribution is 5.44. The van der Waals surface area contributed by atoms with Crippen LogP contribution in [0, 0.1) is 0 Å². The second kappa shape index (κ2) is 5.62. The first-order valence-corrected chi connectivity index (χ1v) is 7.42. The van der Waals surface area contributed by atoms with Crippen LogP contribution in [0.25, 0.3) is 0 Å². The van der Waals surface area contributed by atoms with E-state index in [0.717, 1.165) is 37.1 Å². The van der Waals surface area contributed by atoms with Crippen LogP contribution in [0.4, 0.5) is 0 Å². The number of methoxy groups -OCH3 is 2. The fourth-order valence-electron chi connectivity index (χ4n) is 3.26. The normalized spacial score (nSPS) is 27.4. The Labute approximate surface area is 120 Å². The summed E-state index contributed by atoms with van der Waals surface area (Å²) in [5.74, 6) is 2.09. The molecule has 2 atom stereocenters. The zero-order valence-corrected chi connectivity index (χ0v) is 12.3. The molecular formula is C16H24N2O2. The molecule has 20 heavy (non-hydrogen) atoms. The Morgan fingerprint density at radius 2 is 1.85 bits per heavy atom. The molecule has 1 heterocycles. The smallest absolute Gasteiger partial charge is 0.160 e. The predicted molar refractivity (Wildman–Crippen MR) is 79.5 cm³/mol. The molecule has 0 radical (unpaired) electrons. The van der Waals surface area contributed by atoms with Crippen molar-refractivity contribution >= 4 is 0 Å². The summed E-state index contributed by atoms with van der Waals surface area (Å²) in [5, 5.41) is 0. The minimum absolute atomic E-state index is 0.280. The van der Waals surface area contributed by atoms with Gasteiger partial charge in [-0.15, -0.1) is 0 Å². The number of hydrogen-bond donors (Lipinski definition) is 1. The third-order valence-electron chi connectivity index (χ3n) is 4.45. The molecule has 4 nitrogen and oxygen atoms in total. The van der Waals surface area contributed by atoms with Crippen molar-refractivity contribution in [1.29, 1.82) is 0 Å². The SMILES string of the molecule is COc1ccc(C2CC(N)CN(C3CC3)C2)cc1OC. The molecule has 1 aromatic carbocycles. The number of hydrogen-bond acceptors (Lipinski definition) is 4. The molecule has 2 fully saturated rings. The van der Waals surface area contributed by atoms with Crippen LogP contribution >= 0.6 is 0 Å². The Morgan fingerprint density at radius 1 is 1.10 bits per heavy atom. The number of nitrogens with zero attached hydrogens (tertiary/aromatic N) is 1. The Hall–Kier alpha value is -1.26. The molecule has 4 heteroatoms. The summed E-state index contributed by atoms with van der Waals surface area (Å²) < 4.78 is 10.7. The summed E-state index contributed by atoms with van der Waals surface area (Å²) in [5.41, 5.74) is 7.56. The van der Waals surface area contributed by atoms with Crippen LogP contribution in [0.1, 0.15) is 30.7 Å². The molecule has 1 saturated heterocycles. The molecule has 1 aliphatic heterocycles. The number of rotatable bonds is 4. The average molecular weight is 276 g/mol. The third-order valence-corrected chi connectivity index (χ3v) is 4.45. The van der Waals surface area contributed by atoms with Crippen molar-refractivity contribution in [2.75, 3.05) is 27.3 Å². The van der Waals surface area contributed by atoms with Gasteiger partial charge in [0, 0.05) is 25.2 Å². The second-order valence-electron chi connectivity index (χ2n) is 5.99. The fourth-order valence-corrected chi connectivity index (χ4v) is 3.26. The lowest BCUT2D eigenvalue weighted by atomic mass is 9.88. The van der Waals surface area contributed by atoms with Gasteiger partial charge in [0.25, 0.3) is 0 Å². The summed E-state index contributed by atoms with van der Waals surface area (Å²) in [6.45, 7) is 2.17. The predicted octanol–water partition coefficient (Wildman–Crippen LogP) is 1.98. The minimum atomic E-state index is 0.280. The maximum atomic E-state index is 6.25. The molecule has 110 valence electrons. The van der Waals surface area contributed by atoms with Crippen LogP contribution in [0.2, 0.25) is 0 Å². The molecule has 0 aromatic heterocycles. The topological polar surface area (TPSA) is 47.7 Å². The van der Waals surface area contributed by atoms with Crippen molar-refractivity contribution in [3.63, 3.8) is 0 Å². The molecule has 0 bridgehead atoms. The monoisotopic (exact) mass is 276 g/mol. The first-order chi connectivity index (χ1) is 9.71. The Kier molecular flexibility index (Phi) is 3.85. The first-order valence-electron chi connectivity index (χ1n) is 7.42. The number of ether oxygens (including phenoxy) is 2. The van der Waals surface area contributed by atoms with Gasteiger partial charge in [0.1, 0.15) is 0 Å². The summed E-state index contributed by atoms with van der Waals surface area (Å²) in [4.78, 5) is 2.57. The average Bonchev–Trinajstić information content (AvgIpc) is 3.30. The van der Waals surface area contributed by atoms with E-state index in [-0.39, 0.29) is 6.04 Å². The first kappa shape index (κ1) is 13.7.